The van der Waals surface area contributed by atoms with Gasteiger partial charge in [0, 0.05) is 31.0 Å². The third-order valence-corrected chi connectivity index (χ3v) is 3.93. The van der Waals surface area contributed by atoms with Gasteiger partial charge in [-0.2, -0.15) is 0 Å². The van der Waals surface area contributed by atoms with Gasteiger partial charge < -0.3 is 10.1 Å². The van der Waals surface area contributed by atoms with Crippen molar-refractivity contribution in [3.63, 3.8) is 0 Å². The summed E-state index contributed by atoms with van der Waals surface area (Å²) in [6, 6.07) is 2.47. The Hall–Kier alpha value is -0.930. The van der Waals surface area contributed by atoms with Crippen LogP contribution in [0.15, 0.2) is 18.5 Å². The number of nitrogens with one attached hydrogen (secondary N) is 1. The van der Waals surface area contributed by atoms with Gasteiger partial charge in [0.05, 0.1) is 6.10 Å². The van der Waals surface area contributed by atoms with Gasteiger partial charge in [-0.25, -0.2) is 0 Å². The smallest absolute Gasteiger partial charge is 0.0619 e. The van der Waals surface area contributed by atoms with E-state index in [1.54, 1.807) is 0 Å². The summed E-state index contributed by atoms with van der Waals surface area (Å²) in [4.78, 5) is 4.29. The van der Waals surface area contributed by atoms with Crippen molar-refractivity contribution < 1.29 is 4.74 Å². The Labute approximate surface area is 110 Å². The topological polar surface area (TPSA) is 34.2 Å². The van der Waals surface area contributed by atoms with Crippen LogP contribution in [0.3, 0.4) is 0 Å². The van der Waals surface area contributed by atoms with E-state index in [4.69, 9.17) is 4.74 Å². The average Bonchev–Trinajstić information content (AvgIpc) is 2.85. The molecule has 100 valence electrons. The van der Waals surface area contributed by atoms with Gasteiger partial charge in [-0.05, 0) is 43.5 Å². The van der Waals surface area contributed by atoms with Crippen LogP contribution in [0.1, 0.15) is 43.9 Å². The van der Waals surface area contributed by atoms with Crippen LogP contribution in [0.4, 0.5) is 0 Å². The normalized spacial score (nSPS) is 25.3. The first-order valence-electron chi connectivity index (χ1n) is 7.03. The molecule has 2 rings (SSSR count). The van der Waals surface area contributed by atoms with Gasteiger partial charge >= 0.3 is 0 Å². The predicted octanol–water partition coefficient (Wildman–Crippen LogP) is 2.86. The molecule has 3 nitrogen and oxygen atoms in total. The van der Waals surface area contributed by atoms with Crippen molar-refractivity contribution in [3.05, 3.63) is 29.6 Å². The van der Waals surface area contributed by atoms with Gasteiger partial charge in [0.15, 0.2) is 0 Å². The number of nitrogens with zero attached hydrogens (tertiary/aromatic N) is 1. The lowest BCUT2D eigenvalue weighted by molar-refractivity contribution is 0.0775. The lowest BCUT2D eigenvalue weighted by atomic mass is 9.86. The number of aryl methyl sites for hydroxylation is 1. The van der Waals surface area contributed by atoms with E-state index in [9.17, 15) is 0 Å². The SMILES string of the molecule is CCNC(c1cnccc1C)C1CCOC1CC. The molecule has 1 N–H and O–H groups in total. The first-order valence-corrected chi connectivity index (χ1v) is 7.03. The largest absolute Gasteiger partial charge is 0.378 e. The molecule has 3 unspecified atom stereocenters. The van der Waals surface area contributed by atoms with Crippen LogP contribution >= 0.6 is 0 Å². The zero-order valence-corrected chi connectivity index (χ0v) is 11.6. The monoisotopic (exact) mass is 248 g/mol. The number of aromatic nitrogens is 1. The van der Waals surface area contributed by atoms with Crippen LogP contribution in [0.5, 0.6) is 0 Å². The zero-order chi connectivity index (χ0) is 13.0. The minimum absolute atomic E-state index is 0.371. The molecule has 1 aromatic heterocycles. The molecule has 2 heterocycles. The third-order valence-electron chi connectivity index (χ3n) is 3.93. The first-order chi connectivity index (χ1) is 8.77. The van der Waals surface area contributed by atoms with Crippen LogP contribution in [0.25, 0.3) is 0 Å². The molecule has 0 bridgehead atoms. The van der Waals surface area contributed by atoms with Crippen LogP contribution in [-0.4, -0.2) is 24.2 Å². The second-order valence-corrected chi connectivity index (χ2v) is 5.04. The summed E-state index contributed by atoms with van der Waals surface area (Å²) < 4.78 is 5.84. The second kappa shape index (κ2) is 6.30. The maximum absolute atomic E-state index is 5.84. The summed E-state index contributed by atoms with van der Waals surface area (Å²) in [6.07, 6.45) is 6.49. The molecule has 0 spiro atoms. The second-order valence-electron chi connectivity index (χ2n) is 5.04. The highest BCUT2D eigenvalue weighted by Gasteiger charge is 2.34. The van der Waals surface area contributed by atoms with Gasteiger partial charge in [0.1, 0.15) is 0 Å². The van der Waals surface area contributed by atoms with Crippen molar-refractivity contribution >= 4 is 0 Å². The molecule has 1 aromatic rings. The lowest BCUT2D eigenvalue weighted by Crippen LogP contribution is -2.33. The van der Waals surface area contributed by atoms with E-state index < -0.39 is 0 Å². The van der Waals surface area contributed by atoms with Crippen LogP contribution in [0, 0.1) is 12.8 Å². The average molecular weight is 248 g/mol. The van der Waals surface area contributed by atoms with Crippen LogP contribution in [-0.2, 0) is 4.74 Å². The number of pyridine rings is 1. The first kappa shape index (κ1) is 13.5. The van der Waals surface area contributed by atoms with Gasteiger partial charge in [-0.3, -0.25) is 4.98 Å². The third kappa shape index (κ3) is 2.73. The number of hydrogen-bond donors (Lipinski definition) is 1. The minimum Gasteiger partial charge on any atom is -0.378 e. The van der Waals surface area contributed by atoms with Crippen LogP contribution < -0.4 is 5.32 Å². The summed E-state index contributed by atoms with van der Waals surface area (Å²) in [7, 11) is 0. The molecule has 0 radical (unpaired) electrons. The summed E-state index contributed by atoms with van der Waals surface area (Å²) in [5.41, 5.74) is 2.64. The zero-order valence-electron chi connectivity index (χ0n) is 11.6. The van der Waals surface area contributed by atoms with Crippen molar-refractivity contribution in [1.82, 2.24) is 10.3 Å². The highest BCUT2D eigenvalue weighted by molar-refractivity contribution is 5.26. The molecular formula is C15H24N2O. The summed E-state index contributed by atoms with van der Waals surface area (Å²) in [5, 5.41) is 3.63. The number of rotatable bonds is 5. The van der Waals surface area contributed by atoms with E-state index >= 15 is 0 Å². The van der Waals surface area contributed by atoms with E-state index in [1.165, 1.54) is 11.1 Å². The Morgan fingerprint density at radius 2 is 2.33 bits per heavy atom. The van der Waals surface area contributed by atoms with Gasteiger partial charge in [0.25, 0.3) is 0 Å². The van der Waals surface area contributed by atoms with Gasteiger partial charge in [0.2, 0.25) is 0 Å². The molecule has 1 saturated heterocycles. The fraction of sp³-hybridized carbons (Fsp3) is 0.667. The molecule has 0 amide bonds. The van der Waals surface area contributed by atoms with E-state index in [-0.39, 0.29) is 0 Å². The highest BCUT2D eigenvalue weighted by Crippen LogP contribution is 2.35. The van der Waals surface area contributed by atoms with E-state index in [0.717, 1.165) is 26.0 Å². The lowest BCUT2D eigenvalue weighted by Gasteiger charge is -2.29. The molecular weight excluding hydrogens is 224 g/mol. The maximum atomic E-state index is 5.84. The standard InChI is InChI=1S/C15H24N2O/c1-4-14-12(7-9-18-14)15(17-5-2)13-10-16-8-6-11(13)3/h6,8,10,12,14-15,17H,4-5,7,9H2,1-3H3. The fourth-order valence-electron chi connectivity index (χ4n) is 2.98. The van der Waals surface area contributed by atoms with Crippen molar-refractivity contribution in [2.75, 3.05) is 13.2 Å². The van der Waals surface area contributed by atoms with E-state index in [1.807, 2.05) is 12.4 Å². The molecule has 3 heteroatoms. The Morgan fingerprint density at radius 3 is 3.00 bits per heavy atom. The van der Waals surface area contributed by atoms with Crippen molar-refractivity contribution in [2.24, 2.45) is 5.92 Å². The Morgan fingerprint density at radius 1 is 1.50 bits per heavy atom. The fourth-order valence-corrected chi connectivity index (χ4v) is 2.98. The molecule has 1 aliphatic heterocycles. The Kier molecular flexibility index (Phi) is 4.72. The summed E-state index contributed by atoms with van der Waals surface area (Å²) >= 11 is 0. The highest BCUT2D eigenvalue weighted by atomic mass is 16.5. The quantitative estimate of drug-likeness (QED) is 0.870. The molecule has 0 aliphatic carbocycles. The van der Waals surface area contributed by atoms with Gasteiger partial charge in [-0.1, -0.05) is 13.8 Å². The predicted molar refractivity (Wildman–Crippen MR) is 73.5 cm³/mol. The summed E-state index contributed by atoms with van der Waals surface area (Å²) in [6.45, 7) is 8.41. The molecule has 1 aliphatic rings. The molecule has 3 atom stereocenters. The van der Waals surface area contributed by atoms with E-state index in [2.05, 4.69) is 37.1 Å². The van der Waals surface area contributed by atoms with Crippen LogP contribution in [0.2, 0.25) is 0 Å². The Balaban J connectivity index is 2.25. The maximum Gasteiger partial charge on any atom is 0.0619 e. The number of ether oxygens (including phenoxy) is 1. The summed E-state index contributed by atoms with van der Waals surface area (Å²) in [5.74, 6) is 0.567. The molecule has 1 fully saturated rings. The molecule has 0 saturated carbocycles. The van der Waals surface area contributed by atoms with Gasteiger partial charge in [-0.15, -0.1) is 0 Å². The van der Waals surface area contributed by atoms with Crippen molar-refractivity contribution in [3.8, 4) is 0 Å². The van der Waals surface area contributed by atoms with Crippen molar-refractivity contribution in [2.45, 2.75) is 45.8 Å². The Bertz CT molecular complexity index is 381. The minimum atomic E-state index is 0.371. The molecule has 0 aromatic carbocycles. The van der Waals surface area contributed by atoms with E-state index in [0.29, 0.717) is 18.1 Å². The molecule has 18 heavy (non-hydrogen) atoms. The van der Waals surface area contributed by atoms with Crippen molar-refractivity contribution in [1.29, 1.82) is 0 Å². The number of hydrogen-bond acceptors (Lipinski definition) is 3.